The van der Waals surface area contributed by atoms with E-state index in [0.717, 1.165) is 16.6 Å². The molecule has 3 N–H and O–H groups in total. The van der Waals surface area contributed by atoms with Crippen LogP contribution in [0.5, 0.6) is 0 Å². The van der Waals surface area contributed by atoms with E-state index in [1.807, 2.05) is 24.3 Å². The van der Waals surface area contributed by atoms with Gasteiger partial charge in [-0.2, -0.15) is 5.26 Å². The van der Waals surface area contributed by atoms with Crippen LogP contribution in [-0.4, -0.2) is 16.0 Å². The van der Waals surface area contributed by atoms with Gasteiger partial charge in [0, 0.05) is 6.42 Å². The van der Waals surface area contributed by atoms with Gasteiger partial charge in [0.25, 0.3) is 0 Å². The molecule has 4 nitrogen and oxygen atoms in total. The summed E-state index contributed by atoms with van der Waals surface area (Å²) in [6.45, 7) is 0. The van der Waals surface area contributed by atoms with Gasteiger partial charge in [-0.25, -0.2) is 4.98 Å². The van der Waals surface area contributed by atoms with Crippen molar-refractivity contribution in [1.29, 1.82) is 5.26 Å². The monoisotopic (exact) mass is 186 g/mol. The molecule has 1 heterocycles. The van der Waals surface area contributed by atoms with E-state index in [9.17, 15) is 0 Å². The van der Waals surface area contributed by atoms with Crippen LogP contribution in [0, 0.1) is 11.3 Å². The highest BCUT2D eigenvalue weighted by Gasteiger charge is 2.03. The fourth-order valence-electron chi connectivity index (χ4n) is 1.41. The first kappa shape index (κ1) is 8.73. The maximum Gasteiger partial charge on any atom is 0.0968 e. The van der Waals surface area contributed by atoms with Crippen LogP contribution in [0.2, 0.25) is 0 Å². The molecule has 0 radical (unpaired) electrons. The third kappa shape index (κ3) is 1.58. The van der Waals surface area contributed by atoms with Crippen molar-refractivity contribution < 1.29 is 0 Å². The third-order valence-corrected chi connectivity index (χ3v) is 2.11. The number of nitrogens with two attached hydrogens (primary N) is 1. The highest BCUT2D eigenvalue weighted by molar-refractivity contribution is 5.75. The second-order valence-corrected chi connectivity index (χ2v) is 3.19. The highest BCUT2D eigenvalue weighted by Crippen LogP contribution is 2.12. The molecule has 0 amide bonds. The van der Waals surface area contributed by atoms with Gasteiger partial charge in [-0.3, -0.25) is 0 Å². The zero-order chi connectivity index (χ0) is 9.97. The predicted molar refractivity (Wildman–Crippen MR) is 53.4 cm³/mol. The molecule has 1 atom stereocenters. The van der Waals surface area contributed by atoms with Crippen LogP contribution in [0.3, 0.4) is 0 Å². The van der Waals surface area contributed by atoms with E-state index in [2.05, 4.69) is 9.97 Å². The Morgan fingerprint density at radius 2 is 2.43 bits per heavy atom. The first-order valence-electron chi connectivity index (χ1n) is 4.37. The fraction of sp³-hybridized carbons (Fsp3) is 0.200. The third-order valence-electron chi connectivity index (χ3n) is 2.11. The Labute approximate surface area is 81.4 Å². The van der Waals surface area contributed by atoms with Crippen LogP contribution in [0.1, 0.15) is 5.56 Å². The Bertz CT molecular complexity index is 480. The van der Waals surface area contributed by atoms with Crippen molar-refractivity contribution >= 4 is 11.0 Å². The first-order valence-corrected chi connectivity index (χ1v) is 4.37. The van der Waals surface area contributed by atoms with E-state index in [1.165, 1.54) is 0 Å². The van der Waals surface area contributed by atoms with E-state index >= 15 is 0 Å². The van der Waals surface area contributed by atoms with E-state index in [4.69, 9.17) is 11.0 Å². The van der Waals surface area contributed by atoms with Crippen molar-refractivity contribution in [3.63, 3.8) is 0 Å². The van der Waals surface area contributed by atoms with Crippen molar-refractivity contribution in [2.24, 2.45) is 5.73 Å². The molecule has 0 fully saturated rings. The number of imidazole rings is 1. The summed E-state index contributed by atoms with van der Waals surface area (Å²) in [5, 5.41) is 8.57. The molecule has 14 heavy (non-hydrogen) atoms. The minimum atomic E-state index is -0.435. The van der Waals surface area contributed by atoms with Gasteiger partial charge in [0.15, 0.2) is 0 Å². The maximum absolute atomic E-state index is 8.57. The molecule has 0 spiro atoms. The lowest BCUT2D eigenvalue weighted by molar-refractivity contribution is 0.824. The lowest BCUT2D eigenvalue weighted by atomic mass is 10.1. The average molecular weight is 186 g/mol. The zero-order valence-electron chi connectivity index (χ0n) is 7.57. The molecule has 0 aliphatic heterocycles. The number of benzene rings is 1. The van der Waals surface area contributed by atoms with Crippen molar-refractivity contribution in [3.8, 4) is 6.07 Å². The fourth-order valence-corrected chi connectivity index (χ4v) is 1.41. The van der Waals surface area contributed by atoms with Crippen molar-refractivity contribution in [2.75, 3.05) is 0 Å². The Balaban J connectivity index is 2.31. The topological polar surface area (TPSA) is 78.5 Å². The number of aromatic amines is 1. The van der Waals surface area contributed by atoms with Crippen LogP contribution < -0.4 is 5.73 Å². The van der Waals surface area contributed by atoms with Crippen molar-refractivity contribution in [3.05, 3.63) is 30.1 Å². The minimum absolute atomic E-state index is 0.435. The maximum atomic E-state index is 8.57. The molecule has 0 aliphatic rings. The van der Waals surface area contributed by atoms with Gasteiger partial charge in [0.1, 0.15) is 0 Å². The standard InChI is InChI=1S/C10H10N4/c11-5-8(12)3-7-1-2-9-10(4-7)14-6-13-9/h1-2,4,6,8H,3,12H2,(H,13,14). The SMILES string of the molecule is N#CC(N)Cc1ccc2nc[nH]c2c1. The Morgan fingerprint density at radius 3 is 3.21 bits per heavy atom. The molecule has 1 unspecified atom stereocenters. The number of nitrogens with zero attached hydrogens (tertiary/aromatic N) is 2. The molecule has 0 bridgehead atoms. The van der Waals surface area contributed by atoms with E-state index in [1.54, 1.807) is 6.33 Å². The number of hydrogen-bond donors (Lipinski definition) is 2. The molecule has 4 heteroatoms. The minimum Gasteiger partial charge on any atom is -0.345 e. The number of H-pyrrole nitrogens is 1. The molecule has 2 rings (SSSR count). The molecular formula is C10H10N4. The molecule has 1 aromatic heterocycles. The van der Waals surface area contributed by atoms with Gasteiger partial charge >= 0.3 is 0 Å². The summed E-state index contributed by atoms with van der Waals surface area (Å²) < 4.78 is 0. The van der Waals surface area contributed by atoms with Crippen LogP contribution >= 0.6 is 0 Å². The average Bonchev–Trinajstić information content (AvgIpc) is 2.64. The lowest BCUT2D eigenvalue weighted by Crippen LogP contribution is -2.19. The highest BCUT2D eigenvalue weighted by atomic mass is 14.9. The van der Waals surface area contributed by atoms with Crippen molar-refractivity contribution in [2.45, 2.75) is 12.5 Å². The summed E-state index contributed by atoms with van der Waals surface area (Å²) in [6.07, 6.45) is 2.23. The number of aromatic nitrogens is 2. The quantitative estimate of drug-likeness (QED) is 0.733. The largest absolute Gasteiger partial charge is 0.345 e. The predicted octanol–water partition coefficient (Wildman–Crippen LogP) is 0.956. The summed E-state index contributed by atoms with van der Waals surface area (Å²) in [5.74, 6) is 0. The Hall–Kier alpha value is -1.86. The van der Waals surface area contributed by atoms with Gasteiger partial charge in [-0.1, -0.05) is 6.07 Å². The summed E-state index contributed by atoms with van der Waals surface area (Å²) >= 11 is 0. The van der Waals surface area contributed by atoms with Crippen molar-refractivity contribution in [1.82, 2.24) is 9.97 Å². The van der Waals surface area contributed by atoms with Gasteiger partial charge in [-0.15, -0.1) is 0 Å². The summed E-state index contributed by atoms with van der Waals surface area (Å²) in [5.41, 5.74) is 8.50. The molecule has 70 valence electrons. The number of nitrogens with one attached hydrogen (secondary N) is 1. The second-order valence-electron chi connectivity index (χ2n) is 3.19. The van der Waals surface area contributed by atoms with Crippen LogP contribution in [0.25, 0.3) is 11.0 Å². The van der Waals surface area contributed by atoms with Gasteiger partial charge in [-0.05, 0) is 17.7 Å². The Morgan fingerprint density at radius 1 is 1.57 bits per heavy atom. The molecule has 2 aromatic rings. The Kier molecular flexibility index (Phi) is 2.17. The number of rotatable bonds is 2. The van der Waals surface area contributed by atoms with Crippen LogP contribution in [0.4, 0.5) is 0 Å². The van der Waals surface area contributed by atoms with E-state index < -0.39 is 6.04 Å². The summed E-state index contributed by atoms with van der Waals surface area (Å²) in [6, 6.07) is 7.41. The summed E-state index contributed by atoms with van der Waals surface area (Å²) in [4.78, 5) is 7.12. The molecule has 0 saturated carbocycles. The second kappa shape index (κ2) is 3.48. The normalized spacial score (nSPS) is 12.6. The van der Waals surface area contributed by atoms with Gasteiger partial charge < -0.3 is 10.7 Å². The lowest BCUT2D eigenvalue weighted by Gasteiger charge is -2.02. The smallest absolute Gasteiger partial charge is 0.0968 e. The molecule has 0 aliphatic carbocycles. The van der Waals surface area contributed by atoms with Crippen LogP contribution in [0.15, 0.2) is 24.5 Å². The summed E-state index contributed by atoms with van der Waals surface area (Å²) in [7, 11) is 0. The van der Waals surface area contributed by atoms with Gasteiger partial charge in [0.05, 0.1) is 29.5 Å². The van der Waals surface area contributed by atoms with Gasteiger partial charge in [0.2, 0.25) is 0 Å². The molecular weight excluding hydrogens is 176 g/mol. The molecule has 1 aromatic carbocycles. The van der Waals surface area contributed by atoms with Crippen LogP contribution in [-0.2, 0) is 6.42 Å². The van der Waals surface area contributed by atoms with E-state index in [0.29, 0.717) is 6.42 Å². The number of fused-ring (bicyclic) bond motifs is 1. The van der Waals surface area contributed by atoms with E-state index in [-0.39, 0.29) is 0 Å². The zero-order valence-corrected chi connectivity index (χ0v) is 7.57. The number of nitriles is 1. The number of hydrogen-bond acceptors (Lipinski definition) is 3. The first-order chi connectivity index (χ1) is 6.79. The molecule has 0 saturated heterocycles.